The van der Waals surface area contributed by atoms with E-state index in [-0.39, 0.29) is 11.0 Å². The first-order valence-electron chi connectivity index (χ1n) is 3.49. The van der Waals surface area contributed by atoms with Crippen LogP contribution in [0.2, 0.25) is 0 Å². The maximum atomic E-state index is 10.8. The number of thiol groups is 1. The molecule has 0 bridgehead atoms. The molecule has 11 heavy (non-hydrogen) atoms. The van der Waals surface area contributed by atoms with Gasteiger partial charge in [0, 0.05) is 0 Å². The lowest BCUT2D eigenvalue weighted by Gasteiger charge is -2.05. The third kappa shape index (κ3) is 2.09. The van der Waals surface area contributed by atoms with Crippen LogP contribution in [0, 0.1) is 0 Å². The fourth-order valence-electron chi connectivity index (χ4n) is 0.884. The molecule has 0 saturated heterocycles. The van der Waals surface area contributed by atoms with Crippen LogP contribution in [0.3, 0.4) is 0 Å². The quantitative estimate of drug-likeness (QED) is 0.667. The highest BCUT2D eigenvalue weighted by Crippen LogP contribution is 2.16. The predicted octanol–water partition coefficient (Wildman–Crippen LogP) is 2.25. The highest BCUT2D eigenvalue weighted by atomic mass is 32.1. The first kappa shape index (κ1) is 8.34. The van der Waals surface area contributed by atoms with E-state index in [2.05, 4.69) is 12.6 Å². The van der Waals surface area contributed by atoms with Gasteiger partial charge < -0.3 is 0 Å². The van der Waals surface area contributed by atoms with E-state index in [9.17, 15) is 4.79 Å². The van der Waals surface area contributed by atoms with Crippen molar-refractivity contribution in [3.05, 3.63) is 35.9 Å². The first-order valence-corrected chi connectivity index (χ1v) is 3.94. The first-order chi connectivity index (χ1) is 5.22. The SMILES string of the molecule is C[C@@H](C(=O)S)c1ccccc1. The molecule has 0 fully saturated rings. The predicted molar refractivity (Wildman–Crippen MR) is 48.9 cm³/mol. The molecular weight excluding hydrogens is 156 g/mol. The van der Waals surface area contributed by atoms with Crippen LogP contribution in [-0.4, -0.2) is 5.12 Å². The van der Waals surface area contributed by atoms with Crippen LogP contribution < -0.4 is 0 Å². The smallest absolute Gasteiger partial charge is 0.193 e. The second-order valence-electron chi connectivity index (χ2n) is 2.47. The summed E-state index contributed by atoms with van der Waals surface area (Å²) in [6.45, 7) is 1.85. The van der Waals surface area contributed by atoms with Crippen LogP contribution >= 0.6 is 12.6 Å². The number of hydrogen-bond acceptors (Lipinski definition) is 1. The Bertz CT molecular complexity index is 243. The Morgan fingerprint density at radius 1 is 1.36 bits per heavy atom. The summed E-state index contributed by atoms with van der Waals surface area (Å²) in [5, 5.41) is -0.0869. The minimum Gasteiger partial charge on any atom is -0.287 e. The van der Waals surface area contributed by atoms with Crippen molar-refractivity contribution in [2.24, 2.45) is 0 Å². The molecule has 1 atom stereocenters. The van der Waals surface area contributed by atoms with Crippen molar-refractivity contribution in [3.8, 4) is 0 Å². The minimum absolute atomic E-state index is 0.0869. The lowest BCUT2D eigenvalue weighted by Crippen LogP contribution is -2.00. The van der Waals surface area contributed by atoms with Crippen LogP contribution in [0.1, 0.15) is 18.4 Å². The summed E-state index contributed by atoms with van der Waals surface area (Å²) >= 11 is 3.77. The van der Waals surface area contributed by atoms with E-state index >= 15 is 0 Å². The summed E-state index contributed by atoms with van der Waals surface area (Å²) in [6.07, 6.45) is 0. The molecule has 1 aromatic rings. The van der Waals surface area contributed by atoms with E-state index in [0.717, 1.165) is 5.56 Å². The Labute approximate surface area is 71.8 Å². The number of rotatable bonds is 2. The van der Waals surface area contributed by atoms with Gasteiger partial charge >= 0.3 is 0 Å². The molecule has 0 aromatic heterocycles. The molecule has 1 aromatic carbocycles. The molecule has 0 radical (unpaired) electrons. The zero-order chi connectivity index (χ0) is 8.27. The van der Waals surface area contributed by atoms with Crippen molar-refractivity contribution in [2.45, 2.75) is 12.8 Å². The van der Waals surface area contributed by atoms with Crippen LogP contribution in [0.25, 0.3) is 0 Å². The second kappa shape index (κ2) is 3.58. The summed E-state index contributed by atoms with van der Waals surface area (Å²) in [6, 6.07) is 9.63. The van der Waals surface area contributed by atoms with E-state index < -0.39 is 0 Å². The van der Waals surface area contributed by atoms with E-state index in [0.29, 0.717) is 0 Å². The van der Waals surface area contributed by atoms with Crippen molar-refractivity contribution in [1.29, 1.82) is 0 Å². The fraction of sp³-hybridized carbons (Fsp3) is 0.222. The normalized spacial score (nSPS) is 12.5. The average molecular weight is 166 g/mol. The van der Waals surface area contributed by atoms with Gasteiger partial charge in [-0.05, 0) is 5.56 Å². The highest BCUT2D eigenvalue weighted by Gasteiger charge is 2.09. The molecule has 0 aliphatic carbocycles. The Kier molecular flexibility index (Phi) is 2.71. The van der Waals surface area contributed by atoms with Crippen LogP contribution in [0.4, 0.5) is 0 Å². The maximum Gasteiger partial charge on any atom is 0.193 e. The van der Waals surface area contributed by atoms with Gasteiger partial charge in [-0.3, -0.25) is 4.79 Å². The molecule has 0 spiro atoms. The van der Waals surface area contributed by atoms with Gasteiger partial charge in [0.2, 0.25) is 0 Å². The Balaban J connectivity index is 2.85. The van der Waals surface area contributed by atoms with Crippen molar-refractivity contribution in [3.63, 3.8) is 0 Å². The Morgan fingerprint density at radius 3 is 2.36 bits per heavy atom. The third-order valence-corrected chi connectivity index (χ3v) is 2.06. The Morgan fingerprint density at radius 2 is 1.91 bits per heavy atom. The van der Waals surface area contributed by atoms with Gasteiger partial charge in [-0.15, -0.1) is 12.6 Å². The molecule has 2 heteroatoms. The largest absolute Gasteiger partial charge is 0.287 e. The highest BCUT2D eigenvalue weighted by molar-refractivity contribution is 7.96. The molecule has 0 aliphatic heterocycles. The van der Waals surface area contributed by atoms with Crippen LogP contribution in [-0.2, 0) is 4.79 Å². The molecule has 0 N–H and O–H groups in total. The zero-order valence-corrected chi connectivity index (χ0v) is 7.21. The van der Waals surface area contributed by atoms with Gasteiger partial charge in [0.1, 0.15) is 0 Å². The molecule has 58 valence electrons. The summed E-state index contributed by atoms with van der Waals surface area (Å²) in [5.41, 5.74) is 1.02. The minimum atomic E-state index is -0.0977. The summed E-state index contributed by atoms with van der Waals surface area (Å²) in [5.74, 6) is -0.0977. The average Bonchev–Trinajstić information content (AvgIpc) is 2.05. The molecule has 0 unspecified atom stereocenters. The van der Waals surface area contributed by atoms with Gasteiger partial charge in [0.15, 0.2) is 5.12 Å². The molecule has 0 saturated carbocycles. The van der Waals surface area contributed by atoms with E-state index in [1.807, 2.05) is 37.3 Å². The van der Waals surface area contributed by atoms with Gasteiger partial charge in [-0.25, -0.2) is 0 Å². The van der Waals surface area contributed by atoms with Crippen molar-refractivity contribution >= 4 is 17.7 Å². The number of benzene rings is 1. The number of hydrogen-bond donors (Lipinski definition) is 1. The molecule has 0 heterocycles. The van der Waals surface area contributed by atoms with E-state index in [4.69, 9.17) is 0 Å². The standard InChI is InChI=1S/C9H10OS/c1-7(9(10)11)8-5-3-2-4-6-8/h2-7H,1H3,(H,10,11)/t7-/m1/s1. The molecule has 1 rings (SSSR count). The van der Waals surface area contributed by atoms with Crippen LogP contribution in [0.15, 0.2) is 30.3 Å². The maximum absolute atomic E-state index is 10.8. The topological polar surface area (TPSA) is 17.1 Å². The summed E-state index contributed by atoms with van der Waals surface area (Å²) in [7, 11) is 0. The second-order valence-corrected chi connectivity index (χ2v) is 2.91. The van der Waals surface area contributed by atoms with Crippen LogP contribution in [0.5, 0.6) is 0 Å². The lowest BCUT2D eigenvalue weighted by atomic mass is 10.0. The fourth-order valence-corrected chi connectivity index (χ4v) is 1.03. The van der Waals surface area contributed by atoms with Gasteiger partial charge in [0.05, 0.1) is 5.92 Å². The third-order valence-electron chi connectivity index (χ3n) is 1.67. The molecular formula is C9H10OS. The molecule has 0 aliphatic rings. The monoisotopic (exact) mass is 166 g/mol. The van der Waals surface area contributed by atoms with Crippen molar-refractivity contribution < 1.29 is 4.79 Å². The van der Waals surface area contributed by atoms with Gasteiger partial charge in [-0.2, -0.15) is 0 Å². The Hall–Kier alpha value is -0.760. The number of carbonyl (C=O) groups excluding carboxylic acids is 1. The van der Waals surface area contributed by atoms with Crippen molar-refractivity contribution in [1.82, 2.24) is 0 Å². The summed E-state index contributed by atoms with van der Waals surface area (Å²) in [4.78, 5) is 10.8. The van der Waals surface area contributed by atoms with Crippen molar-refractivity contribution in [2.75, 3.05) is 0 Å². The molecule has 0 amide bonds. The van der Waals surface area contributed by atoms with Gasteiger partial charge in [-0.1, -0.05) is 37.3 Å². The number of carbonyl (C=O) groups is 1. The van der Waals surface area contributed by atoms with Gasteiger partial charge in [0.25, 0.3) is 0 Å². The van der Waals surface area contributed by atoms with E-state index in [1.165, 1.54) is 0 Å². The zero-order valence-electron chi connectivity index (χ0n) is 6.32. The summed E-state index contributed by atoms with van der Waals surface area (Å²) < 4.78 is 0. The lowest BCUT2D eigenvalue weighted by molar-refractivity contribution is -0.111. The molecule has 1 nitrogen and oxygen atoms in total. The van der Waals surface area contributed by atoms with E-state index in [1.54, 1.807) is 0 Å².